The van der Waals surface area contributed by atoms with Crippen molar-refractivity contribution in [3.8, 4) is 0 Å². The first kappa shape index (κ1) is 12.4. The molecule has 4 atom stereocenters. The fraction of sp³-hybridized carbons (Fsp3) is 1.00. The second-order valence-electron chi connectivity index (χ2n) is 6.04. The van der Waals surface area contributed by atoms with Crippen LogP contribution < -0.4 is 0 Å². The molecule has 0 heterocycles. The van der Waals surface area contributed by atoms with Crippen molar-refractivity contribution in [1.82, 2.24) is 4.90 Å². The van der Waals surface area contributed by atoms with Crippen LogP contribution in [0.2, 0.25) is 0 Å². The molecule has 0 bridgehead atoms. The van der Waals surface area contributed by atoms with Gasteiger partial charge in [0.05, 0.1) is 6.10 Å². The Balaban J connectivity index is 1.83. The molecule has 0 aliphatic heterocycles. The molecule has 16 heavy (non-hydrogen) atoms. The Morgan fingerprint density at radius 1 is 1.12 bits per heavy atom. The molecule has 94 valence electrons. The first-order valence-corrected chi connectivity index (χ1v) is 7.07. The van der Waals surface area contributed by atoms with Gasteiger partial charge in [-0.05, 0) is 38.1 Å². The molecule has 1 N–H and O–H groups in total. The van der Waals surface area contributed by atoms with Crippen molar-refractivity contribution >= 4 is 0 Å². The van der Waals surface area contributed by atoms with Gasteiger partial charge < -0.3 is 10.0 Å². The van der Waals surface area contributed by atoms with E-state index in [1.54, 1.807) is 0 Å². The first-order chi connectivity index (χ1) is 7.68. The molecule has 2 aliphatic rings. The zero-order valence-electron chi connectivity index (χ0n) is 10.9. The Morgan fingerprint density at radius 2 is 1.75 bits per heavy atom. The Bertz CT molecular complexity index is 219. The van der Waals surface area contributed by atoms with Crippen molar-refractivity contribution in [2.45, 2.75) is 64.0 Å². The fourth-order valence-corrected chi connectivity index (χ4v) is 3.12. The van der Waals surface area contributed by atoms with Gasteiger partial charge in [0.15, 0.2) is 0 Å². The lowest BCUT2D eigenvalue weighted by Gasteiger charge is -2.33. The van der Waals surface area contributed by atoms with Crippen LogP contribution in [-0.4, -0.2) is 35.7 Å². The third kappa shape index (κ3) is 3.21. The minimum Gasteiger partial charge on any atom is -0.391 e. The van der Waals surface area contributed by atoms with Crippen LogP contribution in [0.5, 0.6) is 0 Å². The topological polar surface area (TPSA) is 23.5 Å². The van der Waals surface area contributed by atoms with Gasteiger partial charge in [0.25, 0.3) is 0 Å². The van der Waals surface area contributed by atoms with Crippen molar-refractivity contribution in [2.24, 2.45) is 11.8 Å². The van der Waals surface area contributed by atoms with Crippen molar-refractivity contribution in [3.05, 3.63) is 0 Å². The van der Waals surface area contributed by atoms with Gasteiger partial charge >= 0.3 is 0 Å². The Hall–Kier alpha value is -0.0800. The standard InChI is InChI=1S/C14H27NO/c1-11-9-12(11)10-15(2)13-7-5-3-4-6-8-14(13)16/h11-14,16H,3-10H2,1-2H3. The maximum Gasteiger partial charge on any atom is 0.0695 e. The van der Waals surface area contributed by atoms with E-state index >= 15 is 0 Å². The first-order valence-electron chi connectivity index (χ1n) is 7.07. The average molecular weight is 225 g/mol. The van der Waals surface area contributed by atoms with E-state index in [-0.39, 0.29) is 6.10 Å². The number of rotatable bonds is 3. The Morgan fingerprint density at radius 3 is 2.38 bits per heavy atom. The molecular weight excluding hydrogens is 198 g/mol. The summed E-state index contributed by atoms with van der Waals surface area (Å²) in [6, 6.07) is 0.424. The smallest absolute Gasteiger partial charge is 0.0695 e. The maximum atomic E-state index is 10.2. The van der Waals surface area contributed by atoms with E-state index in [0.29, 0.717) is 6.04 Å². The van der Waals surface area contributed by atoms with Crippen LogP contribution in [0.4, 0.5) is 0 Å². The van der Waals surface area contributed by atoms with Gasteiger partial charge in [0.1, 0.15) is 0 Å². The van der Waals surface area contributed by atoms with Crippen LogP contribution >= 0.6 is 0 Å². The lowest BCUT2D eigenvalue weighted by molar-refractivity contribution is 0.0416. The Labute approximate surface area is 100 Å². The lowest BCUT2D eigenvalue weighted by atomic mass is 9.93. The summed E-state index contributed by atoms with van der Waals surface area (Å²) in [5, 5.41) is 10.2. The monoisotopic (exact) mass is 225 g/mol. The zero-order valence-corrected chi connectivity index (χ0v) is 10.9. The largest absolute Gasteiger partial charge is 0.391 e. The van der Waals surface area contributed by atoms with E-state index in [9.17, 15) is 5.11 Å². The highest BCUT2D eigenvalue weighted by molar-refractivity contribution is 4.88. The lowest BCUT2D eigenvalue weighted by Crippen LogP contribution is -2.42. The van der Waals surface area contributed by atoms with Crippen LogP contribution in [0.25, 0.3) is 0 Å². The van der Waals surface area contributed by atoms with Crippen molar-refractivity contribution < 1.29 is 5.11 Å². The molecule has 0 aromatic rings. The number of aliphatic hydroxyl groups excluding tert-OH is 1. The molecule has 2 heteroatoms. The molecule has 4 unspecified atom stereocenters. The zero-order chi connectivity index (χ0) is 11.5. The summed E-state index contributed by atoms with van der Waals surface area (Å²) in [4.78, 5) is 2.43. The molecule has 0 spiro atoms. The minimum absolute atomic E-state index is 0.0839. The number of aliphatic hydroxyl groups is 1. The van der Waals surface area contributed by atoms with Gasteiger partial charge in [-0.1, -0.05) is 32.6 Å². The molecule has 2 nitrogen and oxygen atoms in total. The maximum absolute atomic E-state index is 10.2. The molecule has 2 saturated carbocycles. The van der Waals surface area contributed by atoms with Crippen molar-refractivity contribution in [2.75, 3.05) is 13.6 Å². The number of hydrogen-bond donors (Lipinski definition) is 1. The van der Waals surface area contributed by atoms with Gasteiger partial charge in [0, 0.05) is 12.6 Å². The Kier molecular flexibility index (Phi) is 4.26. The molecular formula is C14H27NO. The van der Waals surface area contributed by atoms with Crippen LogP contribution in [0, 0.1) is 11.8 Å². The second kappa shape index (κ2) is 5.50. The molecule has 0 aromatic carbocycles. The summed E-state index contributed by atoms with van der Waals surface area (Å²) in [6.45, 7) is 3.54. The second-order valence-corrected chi connectivity index (χ2v) is 6.04. The summed E-state index contributed by atoms with van der Waals surface area (Å²) in [5.74, 6) is 1.83. The van der Waals surface area contributed by atoms with E-state index in [2.05, 4.69) is 18.9 Å². The molecule has 2 rings (SSSR count). The third-order valence-corrected chi connectivity index (χ3v) is 4.56. The SMILES string of the molecule is CC1CC1CN(C)C1CCCCCCC1O. The predicted octanol–water partition coefficient (Wildman–Crippen LogP) is 2.66. The van der Waals surface area contributed by atoms with E-state index in [1.807, 2.05) is 0 Å². The molecule has 0 saturated heterocycles. The molecule has 0 radical (unpaired) electrons. The van der Waals surface area contributed by atoms with Gasteiger partial charge in [0.2, 0.25) is 0 Å². The van der Waals surface area contributed by atoms with Gasteiger partial charge in [-0.25, -0.2) is 0 Å². The van der Waals surface area contributed by atoms with E-state index in [4.69, 9.17) is 0 Å². The summed E-state index contributed by atoms with van der Waals surface area (Å²) in [7, 11) is 2.21. The summed E-state index contributed by atoms with van der Waals surface area (Å²) >= 11 is 0. The summed E-state index contributed by atoms with van der Waals surface area (Å²) < 4.78 is 0. The van der Waals surface area contributed by atoms with Gasteiger partial charge in [-0.3, -0.25) is 0 Å². The minimum atomic E-state index is -0.0839. The van der Waals surface area contributed by atoms with Crippen LogP contribution in [0.15, 0.2) is 0 Å². The van der Waals surface area contributed by atoms with E-state index < -0.39 is 0 Å². The highest BCUT2D eigenvalue weighted by atomic mass is 16.3. The molecule has 0 amide bonds. The molecule has 2 fully saturated rings. The van der Waals surface area contributed by atoms with Crippen LogP contribution in [-0.2, 0) is 0 Å². The molecule has 2 aliphatic carbocycles. The predicted molar refractivity (Wildman–Crippen MR) is 67.4 cm³/mol. The van der Waals surface area contributed by atoms with Crippen LogP contribution in [0.1, 0.15) is 51.9 Å². The highest BCUT2D eigenvalue weighted by Crippen LogP contribution is 2.38. The number of likely N-dealkylation sites (N-methyl/N-ethyl adjacent to an activating group) is 1. The number of nitrogens with zero attached hydrogens (tertiary/aromatic N) is 1. The number of hydrogen-bond acceptors (Lipinski definition) is 2. The van der Waals surface area contributed by atoms with Gasteiger partial charge in [-0.2, -0.15) is 0 Å². The fourth-order valence-electron chi connectivity index (χ4n) is 3.12. The molecule has 0 aromatic heterocycles. The third-order valence-electron chi connectivity index (χ3n) is 4.56. The normalized spacial score (nSPS) is 40.5. The summed E-state index contributed by atoms with van der Waals surface area (Å²) in [6.07, 6.45) is 8.70. The summed E-state index contributed by atoms with van der Waals surface area (Å²) in [5.41, 5.74) is 0. The highest BCUT2D eigenvalue weighted by Gasteiger charge is 2.35. The average Bonchev–Trinajstić information content (AvgIpc) is 2.88. The van der Waals surface area contributed by atoms with Crippen LogP contribution in [0.3, 0.4) is 0 Å². The van der Waals surface area contributed by atoms with Crippen molar-refractivity contribution in [1.29, 1.82) is 0 Å². The van der Waals surface area contributed by atoms with Crippen molar-refractivity contribution in [3.63, 3.8) is 0 Å². The van der Waals surface area contributed by atoms with E-state index in [1.165, 1.54) is 45.1 Å². The quantitative estimate of drug-likeness (QED) is 0.798. The van der Waals surface area contributed by atoms with E-state index in [0.717, 1.165) is 18.3 Å². The van der Waals surface area contributed by atoms with Gasteiger partial charge in [-0.15, -0.1) is 0 Å².